The van der Waals surface area contributed by atoms with E-state index in [9.17, 15) is 14.9 Å². The molecule has 2 rings (SSSR count). The minimum absolute atomic E-state index is 0.146. The van der Waals surface area contributed by atoms with Gasteiger partial charge in [0.15, 0.2) is 12.4 Å². The Morgan fingerprint density at radius 1 is 1.24 bits per heavy atom. The highest BCUT2D eigenvalue weighted by Gasteiger charge is 2.12. The number of nitrogens with zero attached hydrogens (tertiary/aromatic N) is 2. The molecular formula is C15H10N2O4. The van der Waals surface area contributed by atoms with Gasteiger partial charge < -0.3 is 4.74 Å². The standard InChI is InChI=1S/C15H10N2O4/c16-9-11-3-1-6-14(7-11)21-10-15(18)12-4-2-5-13(8-12)17(19)20/h1-8H,10H2. The van der Waals surface area contributed by atoms with Crippen molar-refractivity contribution in [3.8, 4) is 11.8 Å². The predicted octanol–water partition coefficient (Wildman–Crippen LogP) is 2.73. The normalized spacial score (nSPS) is 9.67. The molecule has 0 aromatic heterocycles. The maximum atomic E-state index is 11.9. The molecule has 6 heteroatoms. The van der Waals surface area contributed by atoms with Crippen LogP contribution in [0.4, 0.5) is 5.69 Å². The van der Waals surface area contributed by atoms with E-state index < -0.39 is 4.92 Å². The maximum Gasteiger partial charge on any atom is 0.270 e. The zero-order chi connectivity index (χ0) is 15.2. The first-order chi connectivity index (χ1) is 10.1. The van der Waals surface area contributed by atoms with Crippen LogP contribution in [0.1, 0.15) is 15.9 Å². The van der Waals surface area contributed by atoms with Crippen LogP contribution in [0.3, 0.4) is 0 Å². The number of Topliss-reactive ketones (excluding diaryl/α,β-unsaturated/α-hetero) is 1. The van der Waals surface area contributed by atoms with Crippen molar-refractivity contribution in [2.24, 2.45) is 0 Å². The Morgan fingerprint density at radius 2 is 2.00 bits per heavy atom. The van der Waals surface area contributed by atoms with E-state index in [1.54, 1.807) is 18.2 Å². The molecule has 0 heterocycles. The predicted molar refractivity (Wildman–Crippen MR) is 74.1 cm³/mol. The van der Waals surface area contributed by atoms with Crippen molar-refractivity contribution in [2.75, 3.05) is 6.61 Å². The molecule has 0 fully saturated rings. The van der Waals surface area contributed by atoms with Crippen molar-refractivity contribution < 1.29 is 14.5 Å². The van der Waals surface area contributed by atoms with Gasteiger partial charge in [0.25, 0.3) is 5.69 Å². The Morgan fingerprint density at radius 3 is 2.71 bits per heavy atom. The van der Waals surface area contributed by atoms with Crippen LogP contribution in [0, 0.1) is 21.4 Å². The molecule has 2 aromatic rings. The monoisotopic (exact) mass is 282 g/mol. The van der Waals surface area contributed by atoms with E-state index in [0.717, 1.165) is 0 Å². The van der Waals surface area contributed by atoms with E-state index >= 15 is 0 Å². The summed E-state index contributed by atoms with van der Waals surface area (Å²) in [7, 11) is 0. The van der Waals surface area contributed by atoms with E-state index in [1.807, 2.05) is 6.07 Å². The van der Waals surface area contributed by atoms with Gasteiger partial charge in [0.1, 0.15) is 5.75 Å². The SMILES string of the molecule is N#Cc1cccc(OCC(=O)c2cccc([N+](=O)[O-])c2)c1. The summed E-state index contributed by atoms with van der Waals surface area (Å²) in [5.41, 5.74) is 0.489. The van der Waals surface area contributed by atoms with Crippen LogP contribution in [-0.2, 0) is 0 Å². The summed E-state index contributed by atoms with van der Waals surface area (Å²) in [5.74, 6) is 0.0221. The number of rotatable bonds is 5. The van der Waals surface area contributed by atoms with Crippen molar-refractivity contribution in [3.63, 3.8) is 0 Å². The van der Waals surface area contributed by atoms with Crippen molar-refractivity contribution in [1.29, 1.82) is 5.26 Å². The molecule has 104 valence electrons. The second-order valence-corrected chi connectivity index (χ2v) is 4.16. The van der Waals surface area contributed by atoms with E-state index in [2.05, 4.69) is 0 Å². The molecule has 0 aliphatic rings. The van der Waals surface area contributed by atoms with Gasteiger partial charge in [-0.3, -0.25) is 14.9 Å². The summed E-state index contributed by atoms with van der Waals surface area (Å²) in [6, 6.07) is 13.8. The second-order valence-electron chi connectivity index (χ2n) is 4.16. The Bertz CT molecular complexity index is 734. The van der Waals surface area contributed by atoms with Gasteiger partial charge in [0.2, 0.25) is 0 Å². The molecule has 2 aromatic carbocycles. The third kappa shape index (κ3) is 3.64. The number of ketones is 1. The first-order valence-corrected chi connectivity index (χ1v) is 6.01. The molecule has 0 radical (unpaired) electrons. The van der Waals surface area contributed by atoms with Gasteiger partial charge in [-0.05, 0) is 18.2 Å². The number of non-ortho nitro benzene ring substituents is 1. The van der Waals surface area contributed by atoms with E-state index in [-0.39, 0.29) is 23.6 Å². The summed E-state index contributed by atoms with van der Waals surface area (Å²) in [5, 5.41) is 19.4. The lowest BCUT2D eigenvalue weighted by molar-refractivity contribution is -0.384. The Kier molecular flexibility index (Phi) is 4.26. The van der Waals surface area contributed by atoms with Gasteiger partial charge in [0.05, 0.1) is 16.6 Å². The second kappa shape index (κ2) is 6.30. The Balaban J connectivity index is 2.06. The van der Waals surface area contributed by atoms with Gasteiger partial charge >= 0.3 is 0 Å². The lowest BCUT2D eigenvalue weighted by Crippen LogP contribution is -2.11. The minimum Gasteiger partial charge on any atom is -0.485 e. The molecule has 0 aliphatic carbocycles. The van der Waals surface area contributed by atoms with E-state index in [0.29, 0.717) is 11.3 Å². The van der Waals surface area contributed by atoms with Gasteiger partial charge in [-0.15, -0.1) is 0 Å². The van der Waals surface area contributed by atoms with Gasteiger partial charge in [0, 0.05) is 17.7 Å². The molecule has 0 unspecified atom stereocenters. The third-order valence-electron chi connectivity index (χ3n) is 2.71. The number of ether oxygens (including phenoxy) is 1. The molecular weight excluding hydrogens is 272 g/mol. The van der Waals surface area contributed by atoms with E-state index in [4.69, 9.17) is 10.00 Å². The first kappa shape index (κ1) is 14.2. The average molecular weight is 282 g/mol. The zero-order valence-corrected chi connectivity index (χ0v) is 10.9. The number of hydrogen-bond acceptors (Lipinski definition) is 5. The fraction of sp³-hybridized carbons (Fsp3) is 0.0667. The van der Waals surface area contributed by atoms with E-state index in [1.165, 1.54) is 30.3 Å². The van der Waals surface area contributed by atoms with Gasteiger partial charge in [-0.1, -0.05) is 18.2 Å². The van der Waals surface area contributed by atoms with Crippen LogP contribution >= 0.6 is 0 Å². The largest absolute Gasteiger partial charge is 0.485 e. The van der Waals surface area contributed by atoms with Crippen molar-refractivity contribution in [2.45, 2.75) is 0 Å². The molecule has 0 N–H and O–H groups in total. The first-order valence-electron chi connectivity index (χ1n) is 6.01. The van der Waals surface area contributed by atoms with Crippen LogP contribution in [0.25, 0.3) is 0 Å². The number of nitriles is 1. The van der Waals surface area contributed by atoms with Crippen LogP contribution in [0.2, 0.25) is 0 Å². The molecule has 0 atom stereocenters. The number of nitro benzene ring substituents is 1. The van der Waals surface area contributed by atoms with Crippen LogP contribution < -0.4 is 4.74 Å². The minimum atomic E-state index is -0.561. The topological polar surface area (TPSA) is 93.2 Å². The molecule has 0 amide bonds. The Hall–Kier alpha value is -3.20. The van der Waals surface area contributed by atoms with Gasteiger partial charge in [-0.2, -0.15) is 5.26 Å². The summed E-state index contributed by atoms with van der Waals surface area (Å²) in [6.07, 6.45) is 0. The summed E-state index contributed by atoms with van der Waals surface area (Å²) < 4.78 is 5.29. The maximum absolute atomic E-state index is 11.9. The number of benzene rings is 2. The fourth-order valence-electron chi connectivity index (χ4n) is 1.68. The summed E-state index contributed by atoms with van der Waals surface area (Å²) in [6.45, 7) is -0.254. The van der Waals surface area contributed by atoms with Crippen molar-refractivity contribution in [3.05, 3.63) is 69.8 Å². The molecule has 0 bridgehead atoms. The van der Waals surface area contributed by atoms with Crippen molar-refractivity contribution >= 4 is 11.5 Å². The molecule has 0 spiro atoms. The highest BCUT2D eigenvalue weighted by atomic mass is 16.6. The smallest absolute Gasteiger partial charge is 0.270 e. The Labute approximate surface area is 120 Å². The highest BCUT2D eigenvalue weighted by molar-refractivity contribution is 5.97. The molecule has 0 aliphatic heterocycles. The van der Waals surface area contributed by atoms with Crippen molar-refractivity contribution in [1.82, 2.24) is 0 Å². The fourth-order valence-corrected chi connectivity index (χ4v) is 1.68. The number of carbonyl (C=O) groups excluding carboxylic acids is 1. The number of carbonyl (C=O) groups is 1. The number of hydrogen-bond donors (Lipinski definition) is 0. The van der Waals surface area contributed by atoms with Crippen LogP contribution in [0.15, 0.2) is 48.5 Å². The summed E-state index contributed by atoms with van der Waals surface area (Å²) in [4.78, 5) is 22.0. The molecule has 6 nitrogen and oxygen atoms in total. The quantitative estimate of drug-likeness (QED) is 0.477. The van der Waals surface area contributed by atoms with Crippen LogP contribution in [0.5, 0.6) is 5.75 Å². The molecule has 0 saturated heterocycles. The lowest BCUT2D eigenvalue weighted by atomic mass is 10.1. The number of nitro groups is 1. The highest BCUT2D eigenvalue weighted by Crippen LogP contribution is 2.15. The summed E-state index contributed by atoms with van der Waals surface area (Å²) >= 11 is 0. The molecule has 0 saturated carbocycles. The lowest BCUT2D eigenvalue weighted by Gasteiger charge is -2.05. The average Bonchev–Trinajstić information content (AvgIpc) is 2.53. The molecule has 21 heavy (non-hydrogen) atoms. The van der Waals surface area contributed by atoms with Crippen LogP contribution in [-0.4, -0.2) is 17.3 Å². The zero-order valence-electron chi connectivity index (χ0n) is 10.9. The van der Waals surface area contributed by atoms with Gasteiger partial charge in [-0.25, -0.2) is 0 Å². The third-order valence-corrected chi connectivity index (χ3v) is 2.71.